The fourth-order valence-corrected chi connectivity index (χ4v) is 3.40. The number of benzene rings is 2. The Labute approximate surface area is 170 Å². The molecule has 1 aromatic heterocycles. The highest BCUT2D eigenvalue weighted by Crippen LogP contribution is 2.27. The van der Waals surface area contributed by atoms with Gasteiger partial charge in [-0.2, -0.15) is 15.0 Å². The van der Waals surface area contributed by atoms with Crippen LogP contribution in [0.15, 0.2) is 48.5 Å². The van der Waals surface area contributed by atoms with E-state index in [-0.39, 0.29) is 11.2 Å². The number of ether oxygens (including phenoxy) is 1. The molecule has 0 aliphatic rings. The Kier molecular flexibility index (Phi) is 6.71. The molecular formula is C21H25N5OS. The summed E-state index contributed by atoms with van der Waals surface area (Å²) < 4.78 is 5.92. The minimum Gasteiger partial charge on any atom is -0.492 e. The monoisotopic (exact) mass is 395 g/mol. The van der Waals surface area contributed by atoms with Crippen LogP contribution in [-0.2, 0) is 0 Å². The number of nitrogens with two attached hydrogens (primary N) is 1. The zero-order valence-electron chi connectivity index (χ0n) is 16.3. The molecule has 0 spiro atoms. The Morgan fingerprint density at radius 2 is 1.86 bits per heavy atom. The Morgan fingerprint density at radius 3 is 2.64 bits per heavy atom. The maximum atomic E-state index is 5.92. The van der Waals surface area contributed by atoms with Crippen LogP contribution in [0.3, 0.4) is 0 Å². The lowest BCUT2D eigenvalue weighted by molar-refractivity contribution is 0.341. The van der Waals surface area contributed by atoms with Gasteiger partial charge in [0, 0.05) is 11.4 Å². The van der Waals surface area contributed by atoms with E-state index in [2.05, 4.69) is 59.2 Å². The van der Waals surface area contributed by atoms with Crippen molar-refractivity contribution in [3.05, 3.63) is 65.5 Å². The summed E-state index contributed by atoms with van der Waals surface area (Å²) in [5.41, 5.74) is 9.12. The van der Waals surface area contributed by atoms with Gasteiger partial charge in [0.05, 0.1) is 11.9 Å². The normalized spacial score (nSPS) is 11.8. The highest BCUT2D eigenvalue weighted by molar-refractivity contribution is 7.99. The number of aryl methyl sites for hydroxylation is 2. The number of aromatic nitrogens is 3. The van der Waals surface area contributed by atoms with Crippen molar-refractivity contribution in [2.24, 2.45) is 0 Å². The van der Waals surface area contributed by atoms with E-state index in [1.165, 1.54) is 5.56 Å². The van der Waals surface area contributed by atoms with Gasteiger partial charge in [0.15, 0.2) is 0 Å². The summed E-state index contributed by atoms with van der Waals surface area (Å²) in [4.78, 5) is 13.0. The van der Waals surface area contributed by atoms with Gasteiger partial charge >= 0.3 is 0 Å². The SMILES string of the molecule is Cc1ccc(C)c(OCCSC(C)c2nc(N)nc(Nc3ccccc3)n2)c1. The first-order chi connectivity index (χ1) is 13.5. The number of nitrogens with zero attached hydrogens (tertiary/aromatic N) is 3. The molecule has 3 aromatic rings. The van der Waals surface area contributed by atoms with Crippen LogP contribution in [0, 0.1) is 13.8 Å². The van der Waals surface area contributed by atoms with Crippen molar-refractivity contribution in [2.75, 3.05) is 23.4 Å². The van der Waals surface area contributed by atoms with Crippen molar-refractivity contribution >= 4 is 29.3 Å². The molecule has 1 heterocycles. The molecule has 6 nitrogen and oxygen atoms in total. The van der Waals surface area contributed by atoms with E-state index in [9.17, 15) is 0 Å². The van der Waals surface area contributed by atoms with E-state index in [0.29, 0.717) is 18.4 Å². The first-order valence-corrected chi connectivity index (χ1v) is 10.2. The highest BCUT2D eigenvalue weighted by atomic mass is 32.2. The number of nitrogens with one attached hydrogen (secondary N) is 1. The summed E-state index contributed by atoms with van der Waals surface area (Å²) in [7, 11) is 0. The van der Waals surface area contributed by atoms with Crippen LogP contribution in [0.4, 0.5) is 17.6 Å². The predicted octanol–water partition coefficient (Wildman–Crippen LogP) is 4.69. The van der Waals surface area contributed by atoms with Gasteiger partial charge in [-0.25, -0.2) is 0 Å². The summed E-state index contributed by atoms with van der Waals surface area (Å²) in [6, 6.07) is 16.0. The second-order valence-electron chi connectivity index (χ2n) is 6.50. The smallest absolute Gasteiger partial charge is 0.232 e. The highest BCUT2D eigenvalue weighted by Gasteiger charge is 2.13. The molecule has 0 aliphatic carbocycles. The number of nitrogen functional groups attached to an aromatic ring is 1. The molecule has 3 N–H and O–H groups in total. The molecule has 146 valence electrons. The molecule has 0 amide bonds. The summed E-state index contributed by atoms with van der Waals surface area (Å²) in [5.74, 6) is 3.08. The molecule has 1 atom stereocenters. The van der Waals surface area contributed by atoms with E-state index < -0.39 is 0 Å². The van der Waals surface area contributed by atoms with Crippen molar-refractivity contribution in [2.45, 2.75) is 26.0 Å². The third kappa shape index (κ3) is 5.60. The minimum absolute atomic E-state index is 0.0730. The maximum Gasteiger partial charge on any atom is 0.232 e. The molecule has 1 unspecified atom stereocenters. The number of hydrogen-bond donors (Lipinski definition) is 2. The lowest BCUT2D eigenvalue weighted by Crippen LogP contribution is -2.09. The van der Waals surface area contributed by atoms with Gasteiger partial charge in [0.1, 0.15) is 11.6 Å². The molecule has 0 fully saturated rings. The van der Waals surface area contributed by atoms with E-state index in [1.54, 1.807) is 11.8 Å². The Morgan fingerprint density at radius 1 is 1.07 bits per heavy atom. The van der Waals surface area contributed by atoms with Gasteiger partial charge in [-0.1, -0.05) is 30.3 Å². The van der Waals surface area contributed by atoms with Crippen molar-refractivity contribution < 1.29 is 4.74 Å². The van der Waals surface area contributed by atoms with Gasteiger partial charge < -0.3 is 15.8 Å². The van der Waals surface area contributed by atoms with Crippen molar-refractivity contribution in [1.82, 2.24) is 15.0 Å². The molecule has 3 rings (SSSR count). The fourth-order valence-electron chi connectivity index (χ4n) is 2.61. The average molecular weight is 396 g/mol. The minimum atomic E-state index is 0.0730. The summed E-state index contributed by atoms with van der Waals surface area (Å²) >= 11 is 1.72. The molecule has 0 bridgehead atoms. The Bertz CT molecular complexity index is 920. The second-order valence-corrected chi connectivity index (χ2v) is 7.95. The van der Waals surface area contributed by atoms with E-state index >= 15 is 0 Å². The molecule has 2 aromatic carbocycles. The fraction of sp³-hybridized carbons (Fsp3) is 0.286. The van der Waals surface area contributed by atoms with Crippen LogP contribution in [0.5, 0.6) is 5.75 Å². The summed E-state index contributed by atoms with van der Waals surface area (Å²) in [5, 5.41) is 3.24. The zero-order valence-corrected chi connectivity index (χ0v) is 17.2. The number of para-hydroxylation sites is 1. The van der Waals surface area contributed by atoms with Crippen LogP contribution in [-0.4, -0.2) is 27.3 Å². The number of anilines is 3. The van der Waals surface area contributed by atoms with Gasteiger partial charge in [-0.05, 0) is 50.1 Å². The topological polar surface area (TPSA) is 86.0 Å². The lowest BCUT2D eigenvalue weighted by atomic mass is 10.1. The first-order valence-electron chi connectivity index (χ1n) is 9.16. The van der Waals surface area contributed by atoms with E-state index in [4.69, 9.17) is 10.5 Å². The largest absolute Gasteiger partial charge is 0.492 e. The molecule has 28 heavy (non-hydrogen) atoms. The number of rotatable bonds is 8. The lowest BCUT2D eigenvalue weighted by Gasteiger charge is -2.13. The van der Waals surface area contributed by atoms with Crippen LogP contribution < -0.4 is 15.8 Å². The van der Waals surface area contributed by atoms with Gasteiger partial charge in [0.25, 0.3) is 0 Å². The van der Waals surface area contributed by atoms with E-state index in [1.807, 2.05) is 30.3 Å². The zero-order chi connectivity index (χ0) is 19.9. The Hall–Kier alpha value is -2.80. The van der Waals surface area contributed by atoms with Crippen molar-refractivity contribution in [3.63, 3.8) is 0 Å². The van der Waals surface area contributed by atoms with Crippen LogP contribution in [0.1, 0.15) is 29.1 Å². The first kappa shape index (κ1) is 19.9. The molecule has 7 heteroatoms. The van der Waals surface area contributed by atoms with Crippen molar-refractivity contribution in [1.29, 1.82) is 0 Å². The molecular weight excluding hydrogens is 370 g/mol. The quantitative estimate of drug-likeness (QED) is 0.535. The standard InChI is InChI=1S/C21H25N5OS/c1-14-9-10-15(2)18(13-14)27-11-12-28-16(3)19-24-20(22)26-21(25-19)23-17-7-5-4-6-8-17/h4-10,13,16H,11-12H2,1-3H3,(H3,22,23,24,25,26). The average Bonchev–Trinajstić information content (AvgIpc) is 2.68. The van der Waals surface area contributed by atoms with Crippen LogP contribution in [0.25, 0.3) is 0 Å². The van der Waals surface area contributed by atoms with Crippen LogP contribution in [0.2, 0.25) is 0 Å². The van der Waals surface area contributed by atoms with Gasteiger partial charge in [0.2, 0.25) is 11.9 Å². The molecule has 0 saturated carbocycles. The summed E-state index contributed by atoms with van der Waals surface area (Å²) in [6.45, 7) is 6.80. The number of thioether (sulfide) groups is 1. The Balaban J connectivity index is 1.56. The van der Waals surface area contributed by atoms with E-state index in [0.717, 1.165) is 22.8 Å². The van der Waals surface area contributed by atoms with Crippen LogP contribution >= 0.6 is 11.8 Å². The van der Waals surface area contributed by atoms with Crippen molar-refractivity contribution in [3.8, 4) is 5.75 Å². The maximum absolute atomic E-state index is 5.92. The molecule has 0 radical (unpaired) electrons. The molecule has 0 saturated heterocycles. The third-order valence-corrected chi connectivity index (χ3v) is 5.23. The third-order valence-electron chi connectivity index (χ3n) is 4.12. The number of hydrogen-bond acceptors (Lipinski definition) is 7. The summed E-state index contributed by atoms with van der Waals surface area (Å²) in [6.07, 6.45) is 0. The molecule has 0 aliphatic heterocycles. The van der Waals surface area contributed by atoms with Gasteiger partial charge in [-0.3, -0.25) is 0 Å². The van der Waals surface area contributed by atoms with Gasteiger partial charge in [-0.15, -0.1) is 11.8 Å². The predicted molar refractivity (Wildman–Crippen MR) is 116 cm³/mol. The second kappa shape index (κ2) is 9.41.